The molecule has 1 aliphatic heterocycles. The van der Waals surface area contributed by atoms with Crippen LogP contribution in [0.4, 0.5) is 4.79 Å². The molecule has 3 unspecified atom stereocenters. The van der Waals surface area contributed by atoms with E-state index in [0.717, 1.165) is 19.5 Å². The van der Waals surface area contributed by atoms with Gasteiger partial charge in [-0.15, -0.1) is 11.3 Å². The monoisotopic (exact) mass is 311 g/mol. The molecule has 7 heteroatoms. The maximum Gasteiger partial charge on any atom is 0.355 e. The van der Waals surface area contributed by atoms with Gasteiger partial charge in [-0.1, -0.05) is 13.8 Å². The van der Waals surface area contributed by atoms with Crippen LogP contribution in [0.15, 0.2) is 5.38 Å². The number of piperidine rings is 1. The van der Waals surface area contributed by atoms with E-state index < -0.39 is 5.97 Å². The molecule has 2 rings (SSSR count). The average molecular weight is 311 g/mol. The van der Waals surface area contributed by atoms with Crippen molar-refractivity contribution in [3.05, 3.63) is 16.1 Å². The van der Waals surface area contributed by atoms with Gasteiger partial charge in [0.05, 0.1) is 6.04 Å². The number of carbonyl (C=O) groups is 2. The number of amides is 2. The minimum absolute atomic E-state index is 0.0244. The van der Waals surface area contributed by atoms with Gasteiger partial charge in [0.15, 0.2) is 5.69 Å². The van der Waals surface area contributed by atoms with E-state index in [9.17, 15) is 9.59 Å². The Labute approximate surface area is 128 Å². The van der Waals surface area contributed by atoms with Crippen LogP contribution in [0.3, 0.4) is 0 Å². The number of rotatable bonds is 3. The summed E-state index contributed by atoms with van der Waals surface area (Å²) in [6, 6.07) is -0.392. The van der Waals surface area contributed by atoms with E-state index >= 15 is 0 Å². The van der Waals surface area contributed by atoms with Gasteiger partial charge in [-0.25, -0.2) is 14.6 Å². The Balaban J connectivity index is 1.96. The summed E-state index contributed by atoms with van der Waals surface area (Å²) in [5.74, 6) is -0.0312. The van der Waals surface area contributed by atoms with Crippen molar-refractivity contribution < 1.29 is 14.7 Å². The number of thiazole rings is 1. The van der Waals surface area contributed by atoms with E-state index in [4.69, 9.17) is 5.11 Å². The lowest BCUT2D eigenvalue weighted by Crippen LogP contribution is -2.48. The molecule has 0 bridgehead atoms. The number of carboxylic acids is 1. The third-order valence-electron chi connectivity index (χ3n) is 3.61. The molecule has 0 aliphatic carbocycles. The van der Waals surface area contributed by atoms with E-state index in [1.54, 1.807) is 0 Å². The summed E-state index contributed by atoms with van der Waals surface area (Å²) in [5.41, 5.74) is 0.0244. The summed E-state index contributed by atoms with van der Waals surface area (Å²) in [5, 5.41) is 13.9. The van der Waals surface area contributed by atoms with E-state index in [2.05, 4.69) is 24.1 Å². The van der Waals surface area contributed by atoms with Crippen LogP contribution in [0.1, 0.15) is 48.7 Å². The fourth-order valence-corrected chi connectivity index (χ4v) is 3.55. The number of hydrogen-bond acceptors (Lipinski definition) is 4. The first-order valence-corrected chi connectivity index (χ1v) is 7.99. The molecule has 0 saturated carbocycles. The molecular weight excluding hydrogens is 290 g/mol. The molecule has 1 aromatic heterocycles. The fraction of sp³-hybridized carbons (Fsp3) is 0.643. The van der Waals surface area contributed by atoms with Crippen molar-refractivity contribution >= 4 is 23.3 Å². The predicted molar refractivity (Wildman–Crippen MR) is 80.5 cm³/mol. The summed E-state index contributed by atoms with van der Waals surface area (Å²) >= 11 is 1.25. The third kappa shape index (κ3) is 3.93. The van der Waals surface area contributed by atoms with Crippen LogP contribution in [0, 0.1) is 11.8 Å². The molecule has 1 aromatic rings. The molecule has 6 nitrogen and oxygen atoms in total. The van der Waals surface area contributed by atoms with Gasteiger partial charge < -0.3 is 15.3 Å². The van der Waals surface area contributed by atoms with E-state index in [0.29, 0.717) is 16.8 Å². The number of hydrogen-bond donors (Lipinski definition) is 2. The number of carbonyl (C=O) groups excluding carboxylic acids is 1. The highest BCUT2D eigenvalue weighted by atomic mass is 32.1. The number of nitrogens with one attached hydrogen (secondary N) is 1. The van der Waals surface area contributed by atoms with Crippen molar-refractivity contribution in [3.8, 4) is 0 Å². The fourth-order valence-electron chi connectivity index (χ4n) is 2.75. The largest absolute Gasteiger partial charge is 0.476 e. The molecule has 3 atom stereocenters. The molecular formula is C14H21N3O3S. The van der Waals surface area contributed by atoms with Crippen LogP contribution in [0.5, 0.6) is 0 Å². The van der Waals surface area contributed by atoms with E-state index in [1.807, 2.05) is 11.8 Å². The number of likely N-dealkylation sites (tertiary alicyclic amines) is 1. The Morgan fingerprint density at radius 3 is 2.57 bits per heavy atom. The van der Waals surface area contributed by atoms with Crippen molar-refractivity contribution in [2.45, 2.75) is 33.2 Å². The molecule has 2 heterocycles. The molecule has 0 aromatic carbocycles. The Morgan fingerprint density at radius 2 is 2.05 bits per heavy atom. The second-order valence-electron chi connectivity index (χ2n) is 5.90. The lowest BCUT2D eigenvalue weighted by molar-refractivity contribution is 0.0691. The van der Waals surface area contributed by atoms with Crippen molar-refractivity contribution in [1.82, 2.24) is 15.2 Å². The Bertz CT molecular complexity index is 521. The topological polar surface area (TPSA) is 82.5 Å². The Kier molecular flexibility index (Phi) is 4.82. The highest BCUT2D eigenvalue weighted by Crippen LogP contribution is 2.22. The first-order valence-electron chi connectivity index (χ1n) is 7.11. The molecule has 2 N–H and O–H groups in total. The van der Waals surface area contributed by atoms with Gasteiger partial charge in [0.25, 0.3) is 0 Å². The lowest BCUT2D eigenvalue weighted by atomic mass is 9.92. The average Bonchev–Trinajstić information content (AvgIpc) is 2.87. The van der Waals surface area contributed by atoms with Crippen LogP contribution in [0.2, 0.25) is 0 Å². The van der Waals surface area contributed by atoms with Crippen molar-refractivity contribution in [2.24, 2.45) is 11.8 Å². The highest BCUT2D eigenvalue weighted by molar-refractivity contribution is 7.09. The predicted octanol–water partition coefficient (Wildman–Crippen LogP) is 2.59. The molecule has 1 aliphatic rings. The van der Waals surface area contributed by atoms with E-state index in [-0.39, 0.29) is 17.8 Å². The number of aromatic nitrogens is 1. The second-order valence-corrected chi connectivity index (χ2v) is 6.79. The van der Waals surface area contributed by atoms with Gasteiger partial charge in [-0.3, -0.25) is 0 Å². The molecule has 1 saturated heterocycles. The number of carboxylic acid groups (broad SMARTS) is 1. The van der Waals surface area contributed by atoms with Gasteiger partial charge >= 0.3 is 12.0 Å². The smallest absolute Gasteiger partial charge is 0.355 e. The standard InChI is InChI=1S/C14H21N3O3S/c1-8-4-9(2)6-17(5-8)14(20)15-10(3)12-16-11(7-21-12)13(18)19/h7-10H,4-6H2,1-3H3,(H,15,20)(H,18,19). The summed E-state index contributed by atoms with van der Waals surface area (Å²) in [4.78, 5) is 29.0. The van der Waals surface area contributed by atoms with Crippen LogP contribution in [-0.4, -0.2) is 40.1 Å². The first-order chi connectivity index (χ1) is 9.86. The number of nitrogens with zero attached hydrogens (tertiary/aromatic N) is 2. The second kappa shape index (κ2) is 6.43. The third-order valence-corrected chi connectivity index (χ3v) is 4.63. The molecule has 2 amide bonds. The van der Waals surface area contributed by atoms with Crippen molar-refractivity contribution in [3.63, 3.8) is 0 Å². The van der Waals surface area contributed by atoms with Gasteiger partial charge in [-0.2, -0.15) is 0 Å². The molecule has 116 valence electrons. The maximum absolute atomic E-state index is 12.3. The molecule has 0 spiro atoms. The highest BCUT2D eigenvalue weighted by Gasteiger charge is 2.26. The normalized spacial score (nSPS) is 23.7. The molecule has 0 radical (unpaired) electrons. The van der Waals surface area contributed by atoms with Crippen LogP contribution >= 0.6 is 11.3 Å². The summed E-state index contributed by atoms with van der Waals surface area (Å²) in [6.07, 6.45) is 1.15. The Morgan fingerprint density at radius 1 is 1.43 bits per heavy atom. The zero-order valence-corrected chi connectivity index (χ0v) is 13.3. The van der Waals surface area contributed by atoms with Crippen LogP contribution in [-0.2, 0) is 0 Å². The number of aromatic carboxylic acids is 1. The van der Waals surface area contributed by atoms with Crippen molar-refractivity contribution in [1.29, 1.82) is 0 Å². The maximum atomic E-state index is 12.3. The van der Waals surface area contributed by atoms with Gasteiger partial charge in [0, 0.05) is 18.5 Å². The van der Waals surface area contributed by atoms with E-state index in [1.165, 1.54) is 16.7 Å². The quantitative estimate of drug-likeness (QED) is 0.899. The minimum atomic E-state index is -1.05. The summed E-state index contributed by atoms with van der Waals surface area (Å²) in [7, 11) is 0. The first kappa shape index (κ1) is 15.8. The summed E-state index contributed by atoms with van der Waals surface area (Å²) in [6.45, 7) is 7.65. The van der Waals surface area contributed by atoms with Gasteiger partial charge in [-0.05, 0) is 25.2 Å². The minimum Gasteiger partial charge on any atom is -0.476 e. The lowest BCUT2D eigenvalue weighted by Gasteiger charge is -2.35. The zero-order valence-electron chi connectivity index (χ0n) is 12.5. The zero-order chi connectivity index (χ0) is 15.6. The Hall–Kier alpha value is -1.63. The van der Waals surface area contributed by atoms with Gasteiger partial charge in [0.1, 0.15) is 5.01 Å². The number of urea groups is 1. The molecule has 1 fully saturated rings. The van der Waals surface area contributed by atoms with Crippen LogP contribution < -0.4 is 5.32 Å². The summed E-state index contributed by atoms with van der Waals surface area (Å²) < 4.78 is 0. The molecule has 21 heavy (non-hydrogen) atoms. The van der Waals surface area contributed by atoms with Crippen LogP contribution in [0.25, 0.3) is 0 Å². The SMILES string of the molecule is CC1CC(C)CN(C(=O)NC(C)c2nc(C(=O)O)cs2)C1. The van der Waals surface area contributed by atoms with Gasteiger partial charge in [0.2, 0.25) is 0 Å². The van der Waals surface area contributed by atoms with Crippen molar-refractivity contribution in [2.75, 3.05) is 13.1 Å².